The zero-order valence-corrected chi connectivity index (χ0v) is 14.2. The van der Waals surface area contributed by atoms with Crippen molar-refractivity contribution < 1.29 is 4.74 Å². The molecule has 1 aromatic rings. The van der Waals surface area contributed by atoms with Gasteiger partial charge in [-0.05, 0) is 37.1 Å². The van der Waals surface area contributed by atoms with E-state index >= 15 is 0 Å². The molecule has 1 aliphatic rings. The summed E-state index contributed by atoms with van der Waals surface area (Å²) in [6, 6.07) is 7.07. The van der Waals surface area contributed by atoms with Gasteiger partial charge in [0, 0.05) is 33.8 Å². The third-order valence-corrected chi connectivity index (χ3v) is 5.38. The lowest BCUT2D eigenvalue weighted by Gasteiger charge is -2.17. The van der Waals surface area contributed by atoms with Gasteiger partial charge < -0.3 is 10.1 Å². The van der Waals surface area contributed by atoms with Crippen LogP contribution in [0.5, 0.6) is 0 Å². The summed E-state index contributed by atoms with van der Waals surface area (Å²) in [6.45, 7) is 8.35. The van der Waals surface area contributed by atoms with Crippen LogP contribution in [0.3, 0.4) is 0 Å². The predicted octanol–water partition coefficient (Wildman–Crippen LogP) is 4.22. The third-order valence-electron chi connectivity index (χ3n) is 3.31. The maximum atomic E-state index is 5.65. The molecule has 0 saturated carbocycles. The van der Waals surface area contributed by atoms with E-state index in [-0.39, 0.29) is 0 Å². The Balaban J connectivity index is 2.09. The monoisotopic (exact) mass is 343 g/mol. The number of benzene rings is 1. The average molecular weight is 344 g/mol. The lowest BCUT2D eigenvalue weighted by Crippen LogP contribution is -2.22. The molecule has 2 atom stereocenters. The molecule has 1 aromatic carbocycles. The van der Waals surface area contributed by atoms with E-state index in [1.807, 2.05) is 11.8 Å². The number of hydrogen-bond donors (Lipinski definition) is 1. The van der Waals surface area contributed by atoms with Crippen LogP contribution in [-0.4, -0.2) is 24.0 Å². The Morgan fingerprint density at radius 2 is 2.26 bits per heavy atom. The third kappa shape index (κ3) is 4.48. The Hall–Kier alpha value is -0.0300. The molecule has 1 aliphatic heterocycles. The number of thioether (sulfide) groups is 1. The van der Waals surface area contributed by atoms with Crippen LogP contribution < -0.4 is 5.32 Å². The lowest BCUT2D eigenvalue weighted by atomic mass is 10.2. The van der Waals surface area contributed by atoms with Gasteiger partial charge in [-0.3, -0.25) is 0 Å². The number of hydrogen-bond acceptors (Lipinski definition) is 3. The average Bonchev–Trinajstić information content (AvgIpc) is 2.75. The van der Waals surface area contributed by atoms with Gasteiger partial charge in [0.05, 0.1) is 6.10 Å². The van der Waals surface area contributed by atoms with Crippen LogP contribution >= 0.6 is 27.7 Å². The largest absolute Gasteiger partial charge is 0.377 e. The molecule has 0 aromatic heterocycles. The summed E-state index contributed by atoms with van der Waals surface area (Å²) in [4.78, 5) is 1.37. The van der Waals surface area contributed by atoms with Crippen molar-refractivity contribution in [1.82, 2.24) is 5.32 Å². The summed E-state index contributed by atoms with van der Waals surface area (Å²) in [5.74, 6) is 0. The zero-order valence-electron chi connectivity index (χ0n) is 11.8. The second-order valence-corrected chi connectivity index (χ2v) is 7.51. The first-order chi connectivity index (χ1) is 9.06. The summed E-state index contributed by atoms with van der Waals surface area (Å²) in [7, 11) is 0. The Labute approximate surface area is 128 Å². The van der Waals surface area contributed by atoms with Crippen molar-refractivity contribution in [2.75, 3.05) is 6.61 Å². The normalized spacial score (nSPS) is 23.2. The summed E-state index contributed by atoms with van der Waals surface area (Å²) < 4.78 is 6.80. The first-order valence-electron chi connectivity index (χ1n) is 6.86. The molecular formula is C15H22BrNOS. The molecule has 1 heterocycles. The van der Waals surface area contributed by atoms with Gasteiger partial charge in [-0.25, -0.2) is 0 Å². The molecule has 0 bridgehead atoms. The van der Waals surface area contributed by atoms with Gasteiger partial charge in [-0.15, -0.1) is 11.8 Å². The molecule has 0 spiro atoms. The molecule has 1 N–H and O–H groups in total. The van der Waals surface area contributed by atoms with Gasteiger partial charge >= 0.3 is 0 Å². The summed E-state index contributed by atoms with van der Waals surface area (Å²) in [6.07, 6.45) is 1.51. The quantitative estimate of drug-likeness (QED) is 0.864. The van der Waals surface area contributed by atoms with Crippen LogP contribution in [0, 0.1) is 0 Å². The predicted molar refractivity (Wildman–Crippen MR) is 85.8 cm³/mol. The van der Waals surface area contributed by atoms with Gasteiger partial charge in [-0.1, -0.05) is 29.8 Å². The molecule has 1 fully saturated rings. The van der Waals surface area contributed by atoms with Crippen LogP contribution in [0.25, 0.3) is 0 Å². The van der Waals surface area contributed by atoms with E-state index in [4.69, 9.17) is 4.74 Å². The van der Waals surface area contributed by atoms with E-state index in [1.54, 1.807) is 0 Å². The second-order valence-electron chi connectivity index (χ2n) is 5.31. The van der Waals surface area contributed by atoms with E-state index in [2.05, 4.69) is 60.2 Å². The van der Waals surface area contributed by atoms with E-state index < -0.39 is 0 Å². The Kier molecular flexibility index (Phi) is 5.75. The van der Waals surface area contributed by atoms with Gasteiger partial charge in [-0.2, -0.15) is 0 Å². The molecule has 1 saturated heterocycles. The maximum Gasteiger partial charge on any atom is 0.0669 e. The van der Waals surface area contributed by atoms with Gasteiger partial charge in [0.15, 0.2) is 0 Å². The molecular weight excluding hydrogens is 322 g/mol. The van der Waals surface area contributed by atoms with E-state index in [0.29, 0.717) is 17.4 Å². The van der Waals surface area contributed by atoms with Crippen molar-refractivity contribution in [2.24, 2.45) is 0 Å². The molecule has 0 aliphatic carbocycles. The molecule has 4 heteroatoms. The van der Waals surface area contributed by atoms with E-state index in [1.165, 1.54) is 10.5 Å². The molecule has 0 amide bonds. The van der Waals surface area contributed by atoms with Crippen LogP contribution in [-0.2, 0) is 11.3 Å². The Bertz CT molecular complexity index is 425. The molecule has 2 nitrogen and oxygen atoms in total. The van der Waals surface area contributed by atoms with Gasteiger partial charge in [0.25, 0.3) is 0 Å². The Morgan fingerprint density at radius 3 is 2.89 bits per heavy atom. The minimum atomic E-state index is 0.361. The number of halogens is 1. The minimum absolute atomic E-state index is 0.361. The van der Waals surface area contributed by atoms with Crippen LogP contribution in [0.4, 0.5) is 0 Å². The minimum Gasteiger partial charge on any atom is -0.377 e. The number of ether oxygens (including phenoxy) is 1. The molecule has 19 heavy (non-hydrogen) atoms. The van der Waals surface area contributed by atoms with Gasteiger partial charge in [0.2, 0.25) is 0 Å². The highest BCUT2D eigenvalue weighted by atomic mass is 79.9. The molecule has 2 unspecified atom stereocenters. The number of nitrogens with one attached hydrogen (secondary N) is 1. The van der Waals surface area contributed by atoms with E-state index in [0.717, 1.165) is 24.0 Å². The maximum absolute atomic E-state index is 5.65. The summed E-state index contributed by atoms with van der Waals surface area (Å²) in [5.41, 5.74) is 1.37. The fourth-order valence-corrected chi connectivity index (χ4v) is 3.79. The van der Waals surface area contributed by atoms with Crippen LogP contribution in [0.1, 0.15) is 32.8 Å². The first kappa shape index (κ1) is 15.4. The Morgan fingerprint density at radius 1 is 1.47 bits per heavy atom. The highest BCUT2D eigenvalue weighted by Gasteiger charge is 2.25. The molecule has 0 radical (unpaired) electrons. The van der Waals surface area contributed by atoms with Crippen molar-refractivity contribution in [3.63, 3.8) is 0 Å². The fourth-order valence-electron chi connectivity index (χ4n) is 2.15. The van der Waals surface area contributed by atoms with Crippen molar-refractivity contribution in [1.29, 1.82) is 0 Å². The van der Waals surface area contributed by atoms with Gasteiger partial charge in [0.1, 0.15) is 0 Å². The summed E-state index contributed by atoms with van der Waals surface area (Å²) >= 11 is 5.53. The second kappa shape index (κ2) is 7.11. The highest BCUT2D eigenvalue weighted by molar-refractivity contribution is 9.10. The SMILES string of the molecule is CC(C)NCc1cc(Br)ccc1SC1CCOC1C. The van der Waals surface area contributed by atoms with Crippen molar-refractivity contribution in [2.45, 2.75) is 56.0 Å². The van der Waals surface area contributed by atoms with Crippen molar-refractivity contribution in [3.8, 4) is 0 Å². The number of rotatable bonds is 5. The molecule has 106 valence electrons. The van der Waals surface area contributed by atoms with Crippen LogP contribution in [0.2, 0.25) is 0 Å². The van der Waals surface area contributed by atoms with Crippen molar-refractivity contribution in [3.05, 3.63) is 28.2 Å². The zero-order chi connectivity index (χ0) is 13.8. The lowest BCUT2D eigenvalue weighted by molar-refractivity contribution is 0.127. The fraction of sp³-hybridized carbons (Fsp3) is 0.600. The van der Waals surface area contributed by atoms with E-state index in [9.17, 15) is 0 Å². The smallest absolute Gasteiger partial charge is 0.0669 e. The van der Waals surface area contributed by atoms with Crippen LogP contribution in [0.15, 0.2) is 27.6 Å². The standard InChI is InChI=1S/C15H22BrNOS/c1-10(2)17-9-12-8-13(16)4-5-15(12)19-14-6-7-18-11(14)3/h4-5,8,10-11,14,17H,6-7,9H2,1-3H3. The highest BCUT2D eigenvalue weighted by Crippen LogP contribution is 2.35. The first-order valence-corrected chi connectivity index (χ1v) is 8.53. The molecule has 2 rings (SSSR count). The summed E-state index contributed by atoms with van der Waals surface area (Å²) in [5, 5.41) is 4.08. The topological polar surface area (TPSA) is 21.3 Å². The van der Waals surface area contributed by atoms with Crippen molar-refractivity contribution >= 4 is 27.7 Å².